The van der Waals surface area contributed by atoms with Crippen molar-refractivity contribution in [3.05, 3.63) is 63.5 Å². The van der Waals surface area contributed by atoms with E-state index in [1.54, 1.807) is 12.1 Å². The van der Waals surface area contributed by atoms with Crippen LogP contribution in [0.1, 0.15) is 41.4 Å². The SMILES string of the molecule is CC(=O)N1CCC[C@H]1C(=O)NC[C@H](NC(=O)c1c(Cl)cc(CNC(=O)C=Cc2ccco2)cc1Cl)C(=O)O. The second-order valence-electron chi connectivity index (χ2n) is 8.48. The lowest BCUT2D eigenvalue weighted by molar-refractivity contribution is -0.140. The summed E-state index contributed by atoms with van der Waals surface area (Å²) in [7, 11) is 0. The molecule has 3 rings (SSSR count). The lowest BCUT2D eigenvalue weighted by Crippen LogP contribution is -2.52. The maximum absolute atomic E-state index is 12.8. The highest BCUT2D eigenvalue weighted by Crippen LogP contribution is 2.27. The van der Waals surface area contributed by atoms with Gasteiger partial charge in [-0.15, -0.1) is 0 Å². The Morgan fingerprint density at radius 2 is 1.89 bits per heavy atom. The molecule has 2 heterocycles. The molecule has 0 radical (unpaired) electrons. The predicted molar refractivity (Wildman–Crippen MR) is 138 cm³/mol. The molecule has 0 unspecified atom stereocenters. The lowest BCUT2D eigenvalue weighted by atomic mass is 10.1. The topological polar surface area (TPSA) is 158 Å². The fourth-order valence-electron chi connectivity index (χ4n) is 3.90. The van der Waals surface area contributed by atoms with Crippen LogP contribution in [0, 0.1) is 0 Å². The first kappa shape index (κ1) is 28.7. The van der Waals surface area contributed by atoms with Crippen LogP contribution in [-0.4, -0.2) is 64.8 Å². The fourth-order valence-corrected chi connectivity index (χ4v) is 4.61. The van der Waals surface area contributed by atoms with Gasteiger partial charge in [0.15, 0.2) is 0 Å². The normalized spacial score (nSPS) is 15.8. The van der Waals surface area contributed by atoms with Crippen molar-refractivity contribution in [3.8, 4) is 0 Å². The monoisotopic (exact) mass is 564 g/mol. The van der Waals surface area contributed by atoms with E-state index < -0.39 is 42.3 Å². The number of carbonyl (C=O) groups is 5. The summed E-state index contributed by atoms with van der Waals surface area (Å²) in [5.41, 5.74) is 0.349. The van der Waals surface area contributed by atoms with Crippen LogP contribution in [0.15, 0.2) is 41.0 Å². The Morgan fingerprint density at radius 3 is 2.50 bits per heavy atom. The molecule has 0 aliphatic carbocycles. The van der Waals surface area contributed by atoms with Gasteiger partial charge in [0, 0.05) is 32.6 Å². The van der Waals surface area contributed by atoms with Crippen LogP contribution >= 0.6 is 23.2 Å². The van der Waals surface area contributed by atoms with Gasteiger partial charge in [0.25, 0.3) is 5.91 Å². The molecule has 2 aromatic rings. The van der Waals surface area contributed by atoms with Gasteiger partial charge in [0.2, 0.25) is 17.7 Å². The second kappa shape index (κ2) is 13.1. The van der Waals surface area contributed by atoms with Gasteiger partial charge in [-0.1, -0.05) is 23.2 Å². The number of aliphatic carboxylic acids is 1. The maximum atomic E-state index is 12.8. The standard InChI is InChI=1S/C25H26Cl2N4O7/c1-14(32)31-8-2-5-20(31)23(34)29-13-19(25(36)37)30-24(35)22-17(26)10-15(11-18(22)27)12-28-21(33)7-6-16-4-3-9-38-16/h3-4,6-7,9-11,19-20H,2,5,8,12-13H2,1H3,(H,28,33)(H,29,34)(H,30,35)(H,36,37)/t19-,20-/m0/s1. The highest BCUT2D eigenvalue weighted by molar-refractivity contribution is 6.39. The van der Waals surface area contributed by atoms with E-state index in [0.29, 0.717) is 30.7 Å². The first-order chi connectivity index (χ1) is 18.1. The second-order valence-corrected chi connectivity index (χ2v) is 9.30. The van der Waals surface area contributed by atoms with Gasteiger partial charge in [0.1, 0.15) is 17.8 Å². The minimum Gasteiger partial charge on any atom is -0.480 e. The molecule has 1 saturated heterocycles. The molecular weight excluding hydrogens is 539 g/mol. The van der Waals surface area contributed by atoms with E-state index in [1.165, 1.54) is 42.4 Å². The van der Waals surface area contributed by atoms with Crippen molar-refractivity contribution in [1.29, 1.82) is 0 Å². The van der Waals surface area contributed by atoms with Crippen LogP contribution < -0.4 is 16.0 Å². The van der Waals surface area contributed by atoms with Crippen molar-refractivity contribution in [1.82, 2.24) is 20.9 Å². The van der Waals surface area contributed by atoms with Crippen LogP contribution in [0.5, 0.6) is 0 Å². The van der Waals surface area contributed by atoms with Gasteiger partial charge in [-0.25, -0.2) is 4.79 Å². The van der Waals surface area contributed by atoms with Gasteiger partial charge >= 0.3 is 5.97 Å². The summed E-state index contributed by atoms with van der Waals surface area (Å²) < 4.78 is 5.11. The van der Waals surface area contributed by atoms with E-state index >= 15 is 0 Å². The molecule has 11 nitrogen and oxygen atoms in total. The van der Waals surface area contributed by atoms with Crippen molar-refractivity contribution in [2.45, 2.75) is 38.4 Å². The Bertz CT molecular complexity index is 1220. The highest BCUT2D eigenvalue weighted by atomic mass is 35.5. The van der Waals surface area contributed by atoms with E-state index in [0.717, 1.165) is 0 Å². The van der Waals surface area contributed by atoms with Crippen LogP contribution in [0.25, 0.3) is 6.08 Å². The molecule has 202 valence electrons. The van der Waals surface area contributed by atoms with Gasteiger partial charge < -0.3 is 30.4 Å². The third kappa shape index (κ3) is 7.59. The van der Waals surface area contributed by atoms with Gasteiger partial charge in [-0.3, -0.25) is 19.2 Å². The Morgan fingerprint density at radius 1 is 1.18 bits per heavy atom. The number of rotatable bonds is 10. The maximum Gasteiger partial charge on any atom is 0.328 e. The summed E-state index contributed by atoms with van der Waals surface area (Å²) in [6.07, 6.45) is 5.40. The van der Waals surface area contributed by atoms with E-state index in [2.05, 4.69) is 16.0 Å². The van der Waals surface area contributed by atoms with Crippen molar-refractivity contribution in [2.24, 2.45) is 0 Å². The number of nitrogens with zero attached hydrogens (tertiary/aromatic N) is 1. The Labute approximate surface area is 228 Å². The first-order valence-electron chi connectivity index (χ1n) is 11.6. The Balaban J connectivity index is 1.59. The zero-order chi connectivity index (χ0) is 27.8. The summed E-state index contributed by atoms with van der Waals surface area (Å²) in [6, 6.07) is 4.06. The summed E-state index contributed by atoms with van der Waals surface area (Å²) in [5.74, 6) is -2.88. The van der Waals surface area contributed by atoms with E-state index in [4.69, 9.17) is 27.6 Å². The number of benzene rings is 1. The van der Waals surface area contributed by atoms with Crippen molar-refractivity contribution >= 4 is 58.9 Å². The van der Waals surface area contributed by atoms with Gasteiger partial charge in [-0.05, 0) is 48.7 Å². The number of carboxylic acid groups (broad SMARTS) is 1. The molecule has 1 aliphatic heterocycles. The number of likely N-dealkylation sites (tertiary alicyclic amines) is 1. The predicted octanol–water partition coefficient (Wildman–Crippen LogP) is 2.23. The Kier molecular flexibility index (Phi) is 9.91. The molecule has 4 amide bonds. The average Bonchev–Trinajstić information content (AvgIpc) is 3.55. The number of amides is 4. The molecule has 1 fully saturated rings. The highest BCUT2D eigenvalue weighted by Gasteiger charge is 2.33. The lowest BCUT2D eigenvalue weighted by Gasteiger charge is -2.23. The molecule has 4 N–H and O–H groups in total. The van der Waals surface area contributed by atoms with Crippen LogP contribution in [-0.2, 0) is 25.7 Å². The van der Waals surface area contributed by atoms with Crippen LogP contribution in [0.2, 0.25) is 10.0 Å². The molecule has 1 aliphatic rings. The molecule has 13 heteroatoms. The minimum atomic E-state index is -1.48. The molecule has 0 bridgehead atoms. The van der Waals surface area contributed by atoms with Gasteiger partial charge in [0.05, 0.1) is 21.9 Å². The number of furan rings is 1. The first-order valence-corrected chi connectivity index (χ1v) is 12.4. The van der Waals surface area contributed by atoms with Crippen LogP contribution in [0.3, 0.4) is 0 Å². The molecular formula is C25H26Cl2N4O7. The number of hydrogen-bond donors (Lipinski definition) is 4. The molecule has 0 saturated carbocycles. The van der Waals surface area contributed by atoms with Crippen molar-refractivity contribution < 1.29 is 33.5 Å². The number of carboxylic acids is 1. The average molecular weight is 565 g/mol. The number of carbonyl (C=O) groups excluding carboxylic acids is 4. The Hall–Kier alpha value is -3.83. The number of halogens is 2. The third-order valence-electron chi connectivity index (χ3n) is 5.78. The van der Waals surface area contributed by atoms with Crippen LogP contribution in [0.4, 0.5) is 0 Å². The summed E-state index contributed by atoms with van der Waals surface area (Å²) in [6.45, 7) is 1.46. The van der Waals surface area contributed by atoms with Gasteiger partial charge in [-0.2, -0.15) is 0 Å². The largest absolute Gasteiger partial charge is 0.480 e. The third-order valence-corrected chi connectivity index (χ3v) is 6.38. The summed E-state index contributed by atoms with van der Waals surface area (Å²) >= 11 is 12.5. The van der Waals surface area contributed by atoms with Crippen molar-refractivity contribution in [3.63, 3.8) is 0 Å². The molecule has 2 atom stereocenters. The zero-order valence-electron chi connectivity index (χ0n) is 20.3. The van der Waals surface area contributed by atoms with E-state index in [1.807, 2.05) is 0 Å². The summed E-state index contributed by atoms with van der Waals surface area (Å²) in [4.78, 5) is 62.2. The quantitative estimate of drug-likeness (QED) is 0.322. The fraction of sp³-hybridized carbons (Fsp3) is 0.320. The smallest absolute Gasteiger partial charge is 0.328 e. The molecule has 38 heavy (non-hydrogen) atoms. The van der Waals surface area contributed by atoms with E-state index in [-0.39, 0.29) is 28.1 Å². The molecule has 1 aromatic heterocycles. The van der Waals surface area contributed by atoms with E-state index in [9.17, 15) is 29.1 Å². The summed E-state index contributed by atoms with van der Waals surface area (Å²) in [5, 5.41) is 16.9. The number of nitrogens with one attached hydrogen (secondary N) is 3. The molecule has 0 spiro atoms. The minimum absolute atomic E-state index is 0.0541. The number of hydrogen-bond acceptors (Lipinski definition) is 6. The molecule has 1 aromatic carbocycles. The zero-order valence-corrected chi connectivity index (χ0v) is 21.8. The van der Waals surface area contributed by atoms with Crippen molar-refractivity contribution in [2.75, 3.05) is 13.1 Å².